The van der Waals surface area contributed by atoms with Crippen LogP contribution in [0.2, 0.25) is 0 Å². The highest BCUT2D eigenvalue weighted by atomic mass is 32.2. The molecular weight excluding hydrogens is 498 g/mol. The number of benzene rings is 4. The van der Waals surface area contributed by atoms with Crippen molar-refractivity contribution in [3.05, 3.63) is 90.5 Å². The minimum Gasteiger partial charge on any atom is -0.495 e. The van der Waals surface area contributed by atoms with Crippen molar-refractivity contribution in [2.75, 3.05) is 20.2 Å². The molecule has 38 heavy (non-hydrogen) atoms. The van der Waals surface area contributed by atoms with E-state index in [1.54, 1.807) is 36.4 Å². The van der Waals surface area contributed by atoms with E-state index in [0.717, 1.165) is 43.1 Å². The van der Waals surface area contributed by atoms with Crippen molar-refractivity contribution in [2.24, 2.45) is 0 Å². The molecule has 6 rings (SSSR count). The van der Waals surface area contributed by atoms with Gasteiger partial charge in [0.05, 0.1) is 18.1 Å². The summed E-state index contributed by atoms with van der Waals surface area (Å²) in [7, 11) is -2.68. The van der Waals surface area contributed by atoms with Crippen molar-refractivity contribution in [1.29, 1.82) is 0 Å². The van der Waals surface area contributed by atoms with Crippen LogP contribution in [0, 0.1) is 0 Å². The van der Waals surface area contributed by atoms with Gasteiger partial charge in [-0.1, -0.05) is 54.6 Å². The standard InChI is InChI=1S/C30H27N3O4S/c1-37-27-14-5-6-15-28(27)38(35,36)33-26-17-16-22(30(34)32-18-7-2-8-19-32)20-25(26)31-29(33)24-13-9-11-21-10-3-4-12-23(21)24/h3-6,9-17,20H,2,7-8,18-19H2,1H3. The second-order valence-electron chi connectivity index (χ2n) is 9.44. The Balaban J connectivity index is 1.61. The molecule has 0 radical (unpaired) electrons. The van der Waals surface area contributed by atoms with E-state index in [2.05, 4.69) is 0 Å². The van der Waals surface area contributed by atoms with Crippen molar-refractivity contribution in [3.8, 4) is 17.1 Å². The molecule has 2 heterocycles. The average Bonchev–Trinajstić information content (AvgIpc) is 3.36. The molecule has 1 saturated heterocycles. The summed E-state index contributed by atoms with van der Waals surface area (Å²) < 4.78 is 35.2. The Hall–Kier alpha value is -4.17. The van der Waals surface area contributed by atoms with Gasteiger partial charge in [-0.2, -0.15) is 0 Å². The van der Waals surface area contributed by atoms with Gasteiger partial charge in [0.1, 0.15) is 10.6 Å². The van der Waals surface area contributed by atoms with E-state index in [1.807, 2.05) is 47.4 Å². The van der Waals surface area contributed by atoms with Crippen molar-refractivity contribution in [3.63, 3.8) is 0 Å². The van der Waals surface area contributed by atoms with Gasteiger partial charge in [0.2, 0.25) is 0 Å². The number of hydrogen-bond acceptors (Lipinski definition) is 5. The molecule has 1 aliphatic heterocycles. The van der Waals surface area contributed by atoms with Gasteiger partial charge < -0.3 is 9.64 Å². The van der Waals surface area contributed by atoms with Crippen LogP contribution in [-0.4, -0.2) is 48.4 Å². The number of nitrogens with zero attached hydrogens (tertiary/aromatic N) is 3. The highest BCUT2D eigenvalue weighted by molar-refractivity contribution is 7.90. The molecule has 0 spiro atoms. The van der Waals surface area contributed by atoms with Crippen LogP contribution in [0.3, 0.4) is 0 Å². The summed E-state index contributed by atoms with van der Waals surface area (Å²) in [6.07, 6.45) is 3.11. The molecule has 4 aromatic carbocycles. The molecule has 1 amide bonds. The number of carbonyl (C=O) groups is 1. The first-order valence-corrected chi connectivity index (χ1v) is 14.1. The molecule has 0 saturated carbocycles. The molecule has 0 unspecified atom stereocenters. The number of rotatable bonds is 5. The number of para-hydroxylation sites is 1. The van der Waals surface area contributed by atoms with Crippen LogP contribution in [0.5, 0.6) is 5.75 Å². The number of piperidine rings is 1. The largest absolute Gasteiger partial charge is 0.495 e. The number of fused-ring (bicyclic) bond motifs is 2. The Labute approximate surface area is 221 Å². The Morgan fingerprint density at radius 3 is 2.42 bits per heavy atom. The van der Waals surface area contributed by atoms with Crippen LogP contribution >= 0.6 is 0 Å². The summed E-state index contributed by atoms with van der Waals surface area (Å²) in [5.74, 6) is 0.473. The quantitative estimate of drug-likeness (QED) is 0.293. The summed E-state index contributed by atoms with van der Waals surface area (Å²) in [6.45, 7) is 1.46. The molecular formula is C30H27N3O4S. The molecule has 192 valence electrons. The molecule has 0 bridgehead atoms. The van der Waals surface area contributed by atoms with E-state index >= 15 is 0 Å². The molecule has 0 N–H and O–H groups in total. The van der Waals surface area contributed by atoms with Gasteiger partial charge in [0.25, 0.3) is 15.9 Å². The number of imidazole rings is 1. The Kier molecular flexibility index (Phi) is 6.12. The maximum Gasteiger partial charge on any atom is 0.273 e. The Morgan fingerprint density at radius 1 is 0.868 bits per heavy atom. The fourth-order valence-electron chi connectivity index (χ4n) is 5.23. The minimum absolute atomic E-state index is 0.0387. The molecule has 0 atom stereocenters. The number of aromatic nitrogens is 2. The molecule has 8 heteroatoms. The van der Waals surface area contributed by atoms with E-state index in [1.165, 1.54) is 17.1 Å². The van der Waals surface area contributed by atoms with Gasteiger partial charge in [0.15, 0.2) is 5.82 Å². The first-order chi connectivity index (χ1) is 18.5. The van der Waals surface area contributed by atoms with Crippen LogP contribution in [0.1, 0.15) is 29.6 Å². The minimum atomic E-state index is -4.13. The fraction of sp³-hybridized carbons (Fsp3) is 0.200. The lowest BCUT2D eigenvalue weighted by atomic mass is 10.0. The number of carbonyl (C=O) groups excluding carboxylic acids is 1. The van der Waals surface area contributed by atoms with E-state index in [0.29, 0.717) is 22.2 Å². The van der Waals surface area contributed by atoms with E-state index in [4.69, 9.17) is 9.72 Å². The maximum absolute atomic E-state index is 14.3. The predicted octanol–water partition coefficient (Wildman–Crippen LogP) is 5.73. The SMILES string of the molecule is COc1ccccc1S(=O)(=O)n1c(-c2cccc3ccccc23)nc2cc(C(=O)N3CCCCC3)ccc21. The Morgan fingerprint density at radius 2 is 1.61 bits per heavy atom. The first kappa shape index (κ1) is 24.2. The second-order valence-corrected chi connectivity index (χ2v) is 11.2. The van der Waals surface area contributed by atoms with Crippen LogP contribution in [0.25, 0.3) is 33.2 Å². The summed E-state index contributed by atoms with van der Waals surface area (Å²) in [5.41, 5.74) is 2.02. The van der Waals surface area contributed by atoms with Crippen molar-refractivity contribution < 1.29 is 17.9 Å². The van der Waals surface area contributed by atoms with E-state index in [-0.39, 0.29) is 22.4 Å². The fourth-order valence-corrected chi connectivity index (χ4v) is 6.87. The highest BCUT2D eigenvalue weighted by Crippen LogP contribution is 2.36. The molecule has 7 nitrogen and oxygen atoms in total. The summed E-state index contributed by atoms with van der Waals surface area (Å²) in [6, 6.07) is 25.2. The van der Waals surface area contributed by atoms with Crippen molar-refractivity contribution >= 4 is 37.7 Å². The summed E-state index contributed by atoms with van der Waals surface area (Å²) >= 11 is 0. The number of ether oxygens (including phenoxy) is 1. The normalized spacial score (nSPS) is 14.2. The maximum atomic E-state index is 14.3. The van der Waals surface area contributed by atoms with Crippen molar-refractivity contribution in [2.45, 2.75) is 24.2 Å². The topological polar surface area (TPSA) is 81.5 Å². The third-order valence-corrected chi connectivity index (χ3v) is 8.86. The zero-order valence-electron chi connectivity index (χ0n) is 21.0. The van der Waals surface area contributed by atoms with Gasteiger partial charge in [0, 0.05) is 24.2 Å². The van der Waals surface area contributed by atoms with Gasteiger partial charge in [-0.15, -0.1) is 0 Å². The lowest BCUT2D eigenvalue weighted by Gasteiger charge is -2.26. The van der Waals surface area contributed by atoms with Gasteiger partial charge in [-0.3, -0.25) is 4.79 Å². The van der Waals surface area contributed by atoms with Gasteiger partial charge >= 0.3 is 0 Å². The molecule has 1 fully saturated rings. The summed E-state index contributed by atoms with van der Waals surface area (Å²) in [4.78, 5) is 20.0. The van der Waals surface area contributed by atoms with E-state index < -0.39 is 10.0 Å². The molecule has 5 aromatic rings. The second kappa shape index (κ2) is 9.61. The van der Waals surface area contributed by atoms with Gasteiger partial charge in [-0.05, 0) is 60.4 Å². The smallest absolute Gasteiger partial charge is 0.273 e. The van der Waals surface area contributed by atoms with Crippen LogP contribution in [0.15, 0.2) is 89.8 Å². The van der Waals surface area contributed by atoms with Crippen molar-refractivity contribution in [1.82, 2.24) is 13.9 Å². The molecule has 1 aromatic heterocycles. The van der Waals surface area contributed by atoms with E-state index in [9.17, 15) is 13.2 Å². The lowest BCUT2D eigenvalue weighted by molar-refractivity contribution is 0.0724. The number of hydrogen-bond donors (Lipinski definition) is 0. The van der Waals surface area contributed by atoms with Crippen LogP contribution < -0.4 is 4.74 Å². The number of likely N-dealkylation sites (tertiary alicyclic amines) is 1. The zero-order valence-corrected chi connectivity index (χ0v) is 21.8. The van der Waals surface area contributed by atoms with Gasteiger partial charge in [-0.25, -0.2) is 17.4 Å². The van der Waals surface area contributed by atoms with Crippen LogP contribution in [-0.2, 0) is 10.0 Å². The lowest BCUT2D eigenvalue weighted by Crippen LogP contribution is -2.35. The predicted molar refractivity (Wildman–Crippen MR) is 148 cm³/mol. The monoisotopic (exact) mass is 525 g/mol. The zero-order chi connectivity index (χ0) is 26.3. The first-order valence-electron chi connectivity index (χ1n) is 12.7. The van der Waals surface area contributed by atoms with Crippen LogP contribution in [0.4, 0.5) is 0 Å². The third kappa shape index (κ3) is 4.01. The number of methoxy groups -OCH3 is 1. The highest BCUT2D eigenvalue weighted by Gasteiger charge is 2.29. The molecule has 1 aliphatic rings. The average molecular weight is 526 g/mol. The number of amides is 1. The molecule has 0 aliphatic carbocycles. The third-order valence-electron chi connectivity index (χ3n) is 7.12. The summed E-state index contributed by atoms with van der Waals surface area (Å²) in [5, 5.41) is 1.85. The Bertz CT molecular complexity index is 1780.